The maximum atomic E-state index is 5.92. The van der Waals surface area contributed by atoms with Crippen LogP contribution in [0.25, 0.3) is 0 Å². The van der Waals surface area contributed by atoms with Crippen LogP contribution >= 0.6 is 0 Å². The second kappa shape index (κ2) is 8.23. The Morgan fingerprint density at radius 2 is 1.95 bits per heavy atom. The molecule has 1 rings (SSSR count). The minimum Gasteiger partial charge on any atom is -0.330 e. The lowest BCUT2D eigenvalue weighted by atomic mass is 9.91. The molecule has 114 valence electrons. The summed E-state index contributed by atoms with van der Waals surface area (Å²) in [6.07, 6.45) is 5.28. The van der Waals surface area contributed by atoms with Crippen LogP contribution in [0.15, 0.2) is 0 Å². The van der Waals surface area contributed by atoms with Gasteiger partial charge in [-0.25, -0.2) is 0 Å². The molecule has 1 aliphatic rings. The molecule has 0 amide bonds. The van der Waals surface area contributed by atoms with Crippen molar-refractivity contribution in [3.05, 3.63) is 0 Å². The molecule has 0 spiro atoms. The van der Waals surface area contributed by atoms with E-state index in [0.717, 1.165) is 19.1 Å². The standard InChI is InChI=1S/C16H35N3/c1-5-10-19(14-16(3,4)13-17)15-8-7-11-18(6-2)12-9-15/h15H,5-14,17H2,1-4H3. The molecule has 0 saturated carbocycles. The van der Waals surface area contributed by atoms with E-state index in [2.05, 4.69) is 37.5 Å². The van der Waals surface area contributed by atoms with E-state index in [1.165, 1.54) is 51.9 Å². The van der Waals surface area contributed by atoms with Crippen molar-refractivity contribution in [2.75, 3.05) is 39.3 Å². The van der Waals surface area contributed by atoms with E-state index in [9.17, 15) is 0 Å². The van der Waals surface area contributed by atoms with E-state index in [0.29, 0.717) is 0 Å². The van der Waals surface area contributed by atoms with Crippen LogP contribution in [0, 0.1) is 5.41 Å². The smallest absolute Gasteiger partial charge is 0.0108 e. The van der Waals surface area contributed by atoms with Gasteiger partial charge in [0.2, 0.25) is 0 Å². The molecule has 3 heteroatoms. The van der Waals surface area contributed by atoms with Gasteiger partial charge in [0.15, 0.2) is 0 Å². The summed E-state index contributed by atoms with van der Waals surface area (Å²) in [5.74, 6) is 0. The highest BCUT2D eigenvalue weighted by atomic mass is 15.2. The van der Waals surface area contributed by atoms with Crippen LogP contribution < -0.4 is 5.73 Å². The molecule has 2 N–H and O–H groups in total. The second-order valence-electron chi connectivity index (χ2n) is 6.86. The third-order valence-electron chi connectivity index (χ3n) is 4.45. The van der Waals surface area contributed by atoms with Gasteiger partial charge in [0.05, 0.1) is 0 Å². The summed E-state index contributed by atoms with van der Waals surface area (Å²) in [4.78, 5) is 5.31. The minimum atomic E-state index is 0.242. The van der Waals surface area contributed by atoms with E-state index >= 15 is 0 Å². The lowest BCUT2D eigenvalue weighted by Crippen LogP contribution is -2.45. The van der Waals surface area contributed by atoms with Crippen molar-refractivity contribution in [3.8, 4) is 0 Å². The van der Waals surface area contributed by atoms with E-state index in [1.54, 1.807) is 0 Å². The van der Waals surface area contributed by atoms with Crippen LogP contribution in [-0.4, -0.2) is 55.1 Å². The first-order valence-electron chi connectivity index (χ1n) is 8.19. The van der Waals surface area contributed by atoms with Gasteiger partial charge < -0.3 is 10.6 Å². The Morgan fingerprint density at radius 3 is 2.53 bits per heavy atom. The lowest BCUT2D eigenvalue weighted by Gasteiger charge is -2.37. The molecule has 1 unspecified atom stereocenters. The van der Waals surface area contributed by atoms with Gasteiger partial charge in [-0.2, -0.15) is 0 Å². The van der Waals surface area contributed by atoms with Crippen molar-refractivity contribution >= 4 is 0 Å². The molecule has 19 heavy (non-hydrogen) atoms. The zero-order valence-electron chi connectivity index (χ0n) is 13.6. The average Bonchev–Trinajstić information content (AvgIpc) is 2.63. The number of nitrogens with zero attached hydrogens (tertiary/aromatic N) is 2. The molecule has 0 aliphatic carbocycles. The Hall–Kier alpha value is -0.120. The van der Waals surface area contributed by atoms with Gasteiger partial charge in [0, 0.05) is 12.6 Å². The minimum absolute atomic E-state index is 0.242. The van der Waals surface area contributed by atoms with Gasteiger partial charge in [-0.05, 0) is 63.8 Å². The van der Waals surface area contributed by atoms with Crippen molar-refractivity contribution in [3.63, 3.8) is 0 Å². The molecule has 1 saturated heterocycles. The molecule has 0 aromatic heterocycles. The van der Waals surface area contributed by atoms with Crippen LogP contribution in [0.3, 0.4) is 0 Å². The second-order valence-corrected chi connectivity index (χ2v) is 6.86. The number of nitrogens with two attached hydrogens (primary N) is 1. The SMILES string of the molecule is CCCN(CC(C)(C)CN)C1CCCN(CC)CC1. The maximum Gasteiger partial charge on any atom is 0.0108 e. The molecule has 0 aromatic carbocycles. The fourth-order valence-corrected chi connectivity index (χ4v) is 3.11. The molecular formula is C16H35N3. The van der Waals surface area contributed by atoms with Gasteiger partial charge >= 0.3 is 0 Å². The third kappa shape index (κ3) is 5.80. The Morgan fingerprint density at radius 1 is 1.21 bits per heavy atom. The monoisotopic (exact) mass is 269 g/mol. The maximum absolute atomic E-state index is 5.92. The van der Waals surface area contributed by atoms with Gasteiger partial charge in [-0.1, -0.05) is 27.7 Å². The molecule has 1 heterocycles. The summed E-state index contributed by atoms with van der Waals surface area (Å²) >= 11 is 0. The van der Waals surface area contributed by atoms with E-state index in [-0.39, 0.29) is 5.41 Å². The highest BCUT2D eigenvalue weighted by molar-refractivity contribution is 4.82. The highest BCUT2D eigenvalue weighted by Gasteiger charge is 2.26. The average molecular weight is 269 g/mol. The summed E-state index contributed by atoms with van der Waals surface area (Å²) in [6, 6.07) is 0.766. The highest BCUT2D eigenvalue weighted by Crippen LogP contribution is 2.22. The Bertz CT molecular complexity index is 240. The van der Waals surface area contributed by atoms with Gasteiger partial charge in [-0.15, -0.1) is 0 Å². The Labute approximate surface area is 120 Å². The topological polar surface area (TPSA) is 32.5 Å². The van der Waals surface area contributed by atoms with Crippen LogP contribution in [0.2, 0.25) is 0 Å². The molecule has 0 radical (unpaired) electrons. The summed E-state index contributed by atoms with van der Waals surface area (Å²) in [6.45, 7) is 16.1. The number of likely N-dealkylation sites (tertiary alicyclic amines) is 1. The fourth-order valence-electron chi connectivity index (χ4n) is 3.11. The predicted octanol–water partition coefficient (Wildman–Crippen LogP) is 2.56. The molecule has 1 aliphatic heterocycles. The predicted molar refractivity (Wildman–Crippen MR) is 84.5 cm³/mol. The summed E-state index contributed by atoms with van der Waals surface area (Å²) in [5, 5.41) is 0. The Kier molecular flexibility index (Phi) is 7.33. The largest absolute Gasteiger partial charge is 0.330 e. The van der Waals surface area contributed by atoms with E-state index in [4.69, 9.17) is 5.73 Å². The summed E-state index contributed by atoms with van der Waals surface area (Å²) in [5.41, 5.74) is 6.16. The Balaban J connectivity index is 2.59. The summed E-state index contributed by atoms with van der Waals surface area (Å²) in [7, 11) is 0. The van der Waals surface area contributed by atoms with Crippen molar-refractivity contribution in [2.24, 2.45) is 11.1 Å². The molecule has 0 aromatic rings. The zero-order chi connectivity index (χ0) is 14.3. The van der Waals surface area contributed by atoms with Crippen molar-refractivity contribution in [2.45, 2.75) is 59.4 Å². The molecule has 3 nitrogen and oxygen atoms in total. The van der Waals surface area contributed by atoms with Crippen LogP contribution in [0.1, 0.15) is 53.4 Å². The van der Waals surface area contributed by atoms with Gasteiger partial charge in [0.1, 0.15) is 0 Å². The van der Waals surface area contributed by atoms with Crippen LogP contribution in [0.4, 0.5) is 0 Å². The van der Waals surface area contributed by atoms with Crippen molar-refractivity contribution < 1.29 is 0 Å². The van der Waals surface area contributed by atoms with Gasteiger partial charge in [-0.3, -0.25) is 4.90 Å². The van der Waals surface area contributed by atoms with Gasteiger partial charge in [0.25, 0.3) is 0 Å². The van der Waals surface area contributed by atoms with E-state index in [1.807, 2.05) is 0 Å². The first-order valence-corrected chi connectivity index (χ1v) is 8.19. The number of rotatable bonds is 7. The third-order valence-corrected chi connectivity index (χ3v) is 4.45. The number of hydrogen-bond acceptors (Lipinski definition) is 3. The zero-order valence-corrected chi connectivity index (χ0v) is 13.6. The molecule has 1 fully saturated rings. The normalized spacial score (nSPS) is 22.7. The first-order chi connectivity index (χ1) is 9.02. The molecule has 1 atom stereocenters. The quantitative estimate of drug-likeness (QED) is 0.771. The van der Waals surface area contributed by atoms with Crippen LogP contribution in [-0.2, 0) is 0 Å². The van der Waals surface area contributed by atoms with Crippen LogP contribution in [0.5, 0.6) is 0 Å². The van der Waals surface area contributed by atoms with Crippen molar-refractivity contribution in [1.29, 1.82) is 0 Å². The summed E-state index contributed by atoms with van der Waals surface area (Å²) < 4.78 is 0. The van der Waals surface area contributed by atoms with E-state index < -0.39 is 0 Å². The molecule has 0 bridgehead atoms. The number of hydrogen-bond donors (Lipinski definition) is 1. The lowest BCUT2D eigenvalue weighted by molar-refractivity contribution is 0.121. The molecular weight excluding hydrogens is 234 g/mol. The first kappa shape index (κ1) is 16.9. The fraction of sp³-hybridized carbons (Fsp3) is 1.00. The van der Waals surface area contributed by atoms with Crippen molar-refractivity contribution in [1.82, 2.24) is 9.80 Å².